The van der Waals surface area contributed by atoms with Crippen LogP contribution in [0.4, 0.5) is 11.4 Å². The molecule has 0 bridgehead atoms. The number of rotatable bonds is 3. The standard InChI is InChI=1S/C14H14N2O2/c1-9-3-8-13(10(2)15-9)16-12-6-4-11(5-7-12)14(17)18/h3-8,16H,1-2H3,(H,17,18). The van der Waals surface area contributed by atoms with Gasteiger partial charge in [0.05, 0.1) is 16.9 Å². The van der Waals surface area contributed by atoms with Crippen molar-refractivity contribution in [1.82, 2.24) is 4.98 Å². The van der Waals surface area contributed by atoms with Crippen LogP contribution in [0.1, 0.15) is 21.7 Å². The van der Waals surface area contributed by atoms with Crippen LogP contribution in [0.25, 0.3) is 0 Å². The maximum absolute atomic E-state index is 10.7. The van der Waals surface area contributed by atoms with Gasteiger partial charge in [0, 0.05) is 11.4 Å². The molecule has 0 atom stereocenters. The van der Waals surface area contributed by atoms with E-state index in [2.05, 4.69) is 10.3 Å². The summed E-state index contributed by atoms with van der Waals surface area (Å²) in [6.45, 7) is 3.87. The van der Waals surface area contributed by atoms with Gasteiger partial charge < -0.3 is 10.4 Å². The highest BCUT2D eigenvalue weighted by Gasteiger charge is 2.03. The van der Waals surface area contributed by atoms with Gasteiger partial charge in [-0.05, 0) is 50.2 Å². The molecule has 1 aromatic heterocycles. The Labute approximate surface area is 105 Å². The summed E-state index contributed by atoms with van der Waals surface area (Å²) < 4.78 is 0. The molecule has 2 rings (SSSR count). The molecule has 2 N–H and O–H groups in total. The number of carbonyl (C=O) groups is 1. The van der Waals surface area contributed by atoms with Crippen molar-refractivity contribution in [1.29, 1.82) is 0 Å². The molecule has 0 fully saturated rings. The Morgan fingerprint density at radius 1 is 1.11 bits per heavy atom. The van der Waals surface area contributed by atoms with Crippen molar-refractivity contribution in [2.24, 2.45) is 0 Å². The third-order valence-corrected chi connectivity index (χ3v) is 2.64. The maximum Gasteiger partial charge on any atom is 0.335 e. The van der Waals surface area contributed by atoms with Crippen molar-refractivity contribution in [2.75, 3.05) is 5.32 Å². The molecule has 0 aliphatic carbocycles. The maximum atomic E-state index is 10.7. The van der Waals surface area contributed by atoms with E-state index in [1.807, 2.05) is 26.0 Å². The molecule has 0 saturated carbocycles. The van der Waals surface area contributed by atoms with Crippen LogP contribution in [0.2, 0.25) is 0 Å². The predicted octanol–water partition coefficient (Wildman–Crippen LogP) is 3.14. The fourth-order valence-electron chi connectivity index (χ4n) is 1.67. The Kier molecular flexibility index (Phi) is 3.28. The lowest BCUT2D eigenvalue weighted by atomic mass is 10.2. The summed E-state index contributed by atoms with van der Waals surface area (Å²) >= 11 is 0. The molecule has 1 aromatic carbocycles. The first kappa shape index (κ1) is 12.1. The third-order valence-electron chi connectivity index (χ3n) is 2.64. The molecule has 0 spiro atoms. The molecule has 0 aliphatic rings. The Hall–Kier alpha value is -2.36. The van der Waals surface area contributed by atoms with Crippen molar-refractivity contribution in [3.05, 3.63) is 53.3 Å². The molecule has 0 aliphatic heterocycles. The van der Waals surface area contributed by atoms with Gasteiger partial charge in [-0.25, -0.2) is 4.79 Å². The van der Waals surface area contributed by atoms with E-state index in [0.29, 0.717) is 0 Å². The van der Waals surface area contributed by atoms with Crippen LogP contribution in [0.5, 0.6) is 0 Å². The highest BCUT2D eigenvalue weighted by Crippen LogP contribution is 2.19. The van der Waals surface area contributed by atoms with Gasteiger partial charge in [-0.1, -0.05) is 0 Å². The minimum atomic E-state index is -0.922. The van der Waals surface area contributed by atoms with E-state index in [4.69, 9.17) is 5.11 Å². The Morgan fingerprint density at radius 3 is 2.33 bits per heavy atom. The first-order chi connectivity index (χ1) is 8.56. The zero-order valence-electron chi connectivity index (χ0n) is 10.3. The lowest BCUT2D eigenvalue weighted by Gasteiger charge is -2.09. The highest BCUT2D eigenvalue weighted by atomic mass is 16.4. The van der Waals surface area contributed by atoms with Gasteiger partial charge in [0.2, 0.25) is 0 Å². The van der Waals surface area contributed by atoms with Gasteiger partial charge in [-0.3, -0.25) is 4.98 Å². The van der Waals surface area contributed by atoms with Gasteiger partial charge in [0.1, 0.15) is 0 Å². The number of hydrogen-bond donors (Lipinski definition) is 2. The lowest BCUT2D eigenvalue weighted by Crippen LogP contribution is -1.98. The van der Waals surface area contributed by atoms with Crippen LogP contribution in [0.3, 0.4) is 0 Å². The van der Waals surface area contributed by atoms with Gasteiger partial charge in [0.15, 0.2) is 0 Å². The van der Waals surface area contributed by atoms with Crippen molar-refractivity contribution < 1.29 is 9.90 Å². The summed E-state index contributed by atoms with van der Waals surface area (Å²) in [4.78, 5) is 15.1. The van der Waals surface area contributed by atoms with Crippen molar-refractivity contribution in [2.45, 2.75) is 13.8 Å². The number of anilines is 2. The second kappa shape index (κ2) is 4.87. The molecule has 2 aromatic rings. The van der Waals surface area contributed by atoms with E-state index in [1.54, 1.807) is 24.3 Å². The van der Waals surface area contributed by atoms with Crippen molar-refractivity contribution in [3.63, 3.8) is 0 Å². The van der Waals surface area contributed by atoms with Crippen LogP contribution in [-0.4, -0.2) is 16.1 Å². The van der Waals surface area contributed by atoms with E-state index in [9.17, 15) is 4.79 Å². The van der Waals surface area contributed by atoms with Gasteiger partial charge in [-0.2, -0.15) is 0 Å². The molecule has 1 heterocycles. The normalized spacial score (nSPS) is 10.1. The Bertz CT molecular complexity index is 577. The number of aryl methyl sites for hydroxylation is 2. The summed E-state index contributed by atoms with van der Waals surface area (Å²) in [5, 5.41) is 12.0. The molecule has 92 valence electrons. The van der Waals surface area contributed by atoms with Gasteiger partial charge in [0.25, 0.3) is 0 Å². The largest absolute Gasteiger partial charge is 0.478 e. The molecule has 4 heteroatoms. The molecular weight excluding hydrogens is 228 g/mol. The van der Waals surface area contributed by atoms with Crippen LogP contribution in [0, 0.1) is 13.8 Å². The van der Waals surface area contributed by atoms with Crippen LogP contribution in [-0.2, 0) is 0 Å². The minimum absolute atomic E-state index is 0.277. The number of aromatic carboxylic acids is 1. The number of carboxylic acids is 1. The summed E-state index contributed by atoms with van der Waals surface area (Å²) in [6, 6.07) is 10.5. The highest BCUT2D eigenvalue weighted by molar-refractivity contribution is 5.88. The summed E-state index contributed by atoms with van der Waals surface area (Å²) in [5.41, 5.74) is 3.92. The minimum Gasteiger partial charge on any atom is -0.478 e. The third kappa shape index (κ3) is 2.66. The molecule has 0 amide bonds. The number of nitrogens with one attached hydrogen (secondary N) is 1. The molecule has 0 radical (unpaired) electrons. The average molecular weight is 242 g/mol. The number of pyridine rings is 1. The first-order valence-electron chi connectivity index (χ1n) is 5.61. The topological polar surface area (TPSA) is 62.2 Å². The second-order valence-corrected chi connectivity index (χ2v) is 4.09. The smallest absolute Gasteiger partial charge is 0.335 e. The summed E-state index contributed by atoms with van der Waals surface area (Å²) in [6.07, 6.45) is 0. The van der Waals surface area contributed by atoms with E-state index in [-0.39, 0.29) is 5.56 Å². The van der Waals surface area contributed by atoms with E-state index >= 15 is 0 Å². The van der Waals surface area contributed by atoms with E-state index in [1.165, 1.54) is 0 Å². The van der Waals surface area contributed by atoms with E-state index < -0.39 is 5.97 Å². The zero-order chi connectivity index (χ0) is 13.1. The van der Waals surface area contributed by atoms with Crippen LogP contribution >= 0.6 is 0 Å². The number of benzene rings is 1. The molecular formula is C14H14N2O2. The second-order valence-electron chi connectivity index (χ2n) is 4.09. The fraction of sp³-hybridized carbons (Fsp3) is 0.143. The summed E-state index contributed by atoms with van der Waals surface area (Å²) in [7, 11) is 0. The first-order valence-corrected chi connectivity index (χ1v) is 5.61. The zero-order valence-corrected chi connectivity index (χ0v) is 10.3. The van der Waals surface area contributed by atoms with Crippen molar-refractivity contribution in [3.8, 4) is 0 Å². The Balaban J connectivity index is 2.21. The number of nitrogens with zero attached hydrogens (tertiary/aromatic N) is 1. The molecule has 0 saturated heterocycles. The molecule has 4 nitrogen and oxygen atoms in total. The number of aromatic nitrogens is 1. The van der Waals surface area contributed by atoms with Crippen molar-refractivity contribution >= 4 is 17.3 Å². The molecule has 18 heavy (non-hydrogen) atoms. The predicted molar refractivity (Wildman–Crippen MR) is 70.4 cm³/mol. The monoisotopic (exact) mass is 242 g/mol. The van der Waals surface area contributed by atoms with E-state index in [0.717, 1.165) is 22.8 Å². The average Bonchev–Trinajstić information content (AvgIpc) is 2.33. The Morgan fingerprint density at radius 2 is 1.78 bits per heavy atom. The van der Waals surface area contributed by atoms with Gasteiger partial charge in [-0.15, -0.1) is 0 Å². The van der Waals surface area contributed by atoms with Crippen LogP contribution in [0.15, 0.2) is 36.4 Å². The molecule has 0 unspecified atom stereocenters. The fourth-order valence-corrected chi connectivity index (χ4v) is 1.67. The number of hydrogen-bond acceptors (Lipinski definition) is 3. The number of carboxylic acid groups (broad SMARTS) is 1. The summed E-state index contributed by atoms with van der Waals surface area (Å²) in [5.74, 6) is -0.922. The SMILES string of the molecule is Cc1ccc(Nc2ccc(C(=O)O)cc2)c(C)n1. The quantitative estimate of drug-likeness (QED) is 0.868. The van der Waals surface area contributed by atoms with Gasteiger partial charge >= 0.3 is 5.97 Å². The lowest BCUT2D eigenvalue weighted by molar-refractivity contribution is 0.0697. The van der Waals surface area contributed by atoms with Crippen LogP contribution < -0.4 is 5.32 Å².